The van der Waals surface area contributed by atoms with E-state index in [2.05, 4.69) is 21.2 Å². The molecule has 2 rings (SSSR count). The summed E-state index contributed by atoms with van der Waals surface area (Å²) in [4.78, 5) is 12.1. The van der Waals surface area contributed by atoms with Crippen molar-refractivity contribution < 1.29 is 13.9 Å². The zero-order valence-corrected chi connectivity index (χ0v) is 11.7. The third-order valence-corrected chi connectivity index (χ3v) is 3.84. The van der Waals surface area contributed by atoms with Gasteiger partial charge in [-0.2, -0.15) is 0 Å². The first kappa shape index (κ1) is 13.5. The van der Waals surface area contributed by atoms with E-state index in [-0.39, 0.29) is 17.3 Å². The highest BCUT2D eigenvalue weighted by atomic mass is 79.9. The zero-order valence-electron chi connectivity index (χ0n) is 10.1. The molecule has 1 aromatic carbocycles. The molecule has 3 nitrogen and oxygen atoms in total. The molecule has 5 heteroatoms. The van der Waals surface area contributed by atoms with Crippen molar-refractivity contribution in [1.82, 2.24) is 5.32 Å². The van der Waals surface area contributed by atoms with Crippen molar-refractivity contribution in [2.24, 2.45) is 0 Å². The van der Waals surface area contributed by atoms with Crippen molar-refractivity contribution >= 4 is 21.8 Å². The fraction of sp³-hybridized carbons (Fsp3) is 0.462. The first-order valence-corrected chi connectivity index (χ1v) is 6.65. The van der Waals surface area contributed by atoms with E-state index in [9.17, 15) is 9.18 Å². The Labute approximate surface area is 114 Å². The van der Waals surface area contributed by atoms with Crippen LogP contribution in [0.4, 0.5) is 4.39 Å². The molecule has 1 N–H and O–H groups in total. The second kappa shape index (κ2) is 5.36. The normalized spacial score (nSPS) is 18.4. The Morgan fingerprint density at radius 1 is 1.44 bits per heavy atom. The predicted molar refractivity (Wildman–Crippen MR) is 70.0 cm³/mol. The topological polar surface area (TPSA) is 38.3 Å². The van der Waals surface area contributed by atoms with Crippen LogP contribution in [0.25, 0.3) is 0 Å². The van der Waals surface area contributed by atoms with Gasteiger partial charge < -0.3 is 10.1 Å². The fourth-order valence-electron chi connectivity index (χ4n) is 1.96. The number of amides is 1. The van der Waals surface area contributed by atoms with Crippen molar-refractivity contribution in [2.45, 2.75) is 25.3 Å². The van der Waals surface area contributed by atoms with E-state index in [1.165, 1.54) is 18.2 Å². The molecule has 0 bridgehead atoms. The van der Waals surface area contributed by atoms with Crippen LogP contribution in [0.1, 0.15) is 30.1 Å². The van der Waals surface area contributed by atoms with Gasteiger partial charge in [0, 0.05) is 23.2 Å². The maximum absolute atomic E-state index is 13.0. The van der Waals surface area contributed by atoms with Gasteiger partial charge in [0.25, 0.3) is 5.91 Å². The van der Waals surface area contributed by atoms with Gasteiger partial charge in [-0.25, -0.2) is 4.39 Å². The van der Waals surface area contributed by atoms with Gasteiger partial charge in [0.15, 0.2) is 0 Å². The van der Waals surface area contributed by atoms with Crippen molar-refractivity contribution in [3.63, 3.8) is 0 Å². The number of halogens is 2. The van der Waals surface area contributed by atoms with Crippen LogP contribution in [0.5, 0.6) is 0 Å². The Kier molecular flexibility index (Phi) is 4.02. The van der Waals surface area contributed by atoms with E-state index in [1.807, 2.05) is 6.92 Å². The summed E-state index contributed by atoms with van der Waals surface area (Å²) >= 11 is 3.20. The second-order valence-corrected chi connectivity index (χ2v) is 5.61. The van der Waals surface area contributed by atoms with Gasteiger partial charge in [0.1, 0.15) is 5.82 Å². The van der Waals surface area contributed by atoms with Crippen molar-refractivity contribution in [1.29, 1.82) is 0 Å². The summed E-state index contributed by atoms with van der Waals surface area (Å²) in [6.45, 7) is 3.31. The van der Waals surface area contributed by atoms with Crippen LogP contribution in [0.15, 0.2) is 22.7 Å². The number of carbonyl (C=O) groups is 1. The summed E-state index contributed by atoms with van der Waals surface area (Å²) < 4.78 is 18.7. The first-order chi connectivity index (χ1) is 8.50. The van der Waals surface area contributed by atoms with Gasteiger partial charge in [0.05, 0.1) is 5.56 Å². The van der Waals surface area contributed by atoms with E-state index in [1.54, 1.807) is 0 Å². The Balaban J connectivity index is 2.11. The average molecular weight is 316 g/mol. The molecule has 1 amide bonds. The largest absolute Gasteiger partial charge is 0.381 e. The number of nitrogens with one attached hydrogen (secondary N) is 1. The first-order valence-electron chi connectivity index (χ1n) is 5.85. The van der Waals surface area contributed by atoms with E-state index in [0.717, 1.165) is 12.8 Å². The molecule has 1 fully saturated rings. The number of hydrogen-bond donors (Lipinski definition) is 1. The molecule has 1 saturated heterocycles. The smallest absolute Gasteiger partial charge is 0.252 e. The van der Waals surface area contributed by atoms with Gasteiger partial charge in [-0.05, 0) is 53.9 Å². The molecule has 0 unspecified atom stereocenters. The van der Waals surface area contributed by atoms with Crippen LogP contribution in [0.2, 0.25) is 0 Å². The minimum atomic E-state index is -0.365. The van der Waals surface area contributed by atoms with Crippen LogP contribution < -0.4 is 5.32 Å². The number of hydrogen-bond acceptors (Lipinski definition) is 2. The fourth-order valence-corrected chi connectivity index (χ4v) is 2.49. The highest BCUT2D eigenvalue weighted by Gasteiger charge is 2.29. The van der Waals surface area contributed by atoms with Gasteiger partial charge >= 0.3 is 0 Å². The molecule has 1 aliphatic rings. The molecular weight excluding hydrogens is 301 g/mol. The maximum atomic E-state index is 13.0. The highest BCUT2D eigenvalue weighted by Crippen LogP contribution is 2.23. The molecule has 98 valence electrons. The minimum absolute atomic E-state index is 0.189. The molecular formula is C13H15BrFNO2. The van der Waals surface area contributed by atoms with Crippen LogP contribution >= 0.6 is 15.9 Å². The summed E-state index contributed by atoms with van der Waals surface area (Å²) in [5, 5.41) is 3.00. The Bertz CT molecular complexity index is 458. The SMILES string of the molecule is CC1(NC(=O)c2ccc(F)cc2Br)CCOCC1. The van der Waals surface area contributed by atoms with Crippen molar-refractivity contribution in [2.75, 3.05) is 13.2 Å². The maximum Gasteiger partial charge on any atom is 0.252 e. The lowest BCUT2D eigenvalue weighted by molar-refractivity contribution is 0.0422. The summed E-state index contributed by atoms with van der Waals surface area (Å²) in [7, 11) is 0. The number of rotatable bonds is 2. The van der Waals surface area contributed by atoms with E-state index in [4.69, 9.17) is 4.74 Å². The van der Waals surface area contributed by atoms with Crippen LogP contribution in [-0.2, 0) is 4.74 Å². The lowest BCUT2D eigenvalue weighted by Crippen LogP contribution is -2.49. The predicted octanol–water partition coefficient (Wildman–Crippen LogP) is 2.89. The number of carbonyl (C=O) groups excluding carboxylic acids is 1. The molecule has 0 atom stereocenters. The Morgan fingerprint density at radius 2 is 2.11 bits per heavy atom. The third kappa shape index (κ3) is 3.09. The molecule has 1 aromatic rings. The summed E-state index contributed by atoms with van der Waals surface area (Å²) in [5.74, 6) is -0.554. The quantitative estimate of drug-likeness (QED) is 0.911. The molecule has 0 saturated carbocycles. The second-order valence-electron chi connectivity index (χ2n) is 4.75. The van der Waals surface area contributed by atoms with E-state index in [0.29, 0.717) is 23.2 Å². The van der Waals surface area contributed by atoms with Gasteiger partial charge in [-0.15, -0.1) is 0 Å². The molecule has 1 aliphatic heterocycles. The summed E-state index contributed by atoms with van der Waals surface area (Å²) in [6, 6.07) is 4.06. The van der Waals surface area contributed by atoms with Crippen molar-refractivity contribution in [3.05, 3.63) is 34.1 Å². The summed E-state index contributed by atoms with van der Waals surface area (Å²) in [6.07, 6.45) is 1.58. The lowest BCUT2D eigenvalue weighted by atomic mass is 9.92. The molecule has 0 radical (unpaired) electrons. The van der Waals surface area contributed by atoms with Crippen LogP contribution in [-0.4, -0.2) is 24.7 Å². The van der Waals surface area contributed by atoms with Gasteiger partial charge in [-0.3, -0.25) is 4.79 Å². The standard InChI is InChI=1S/C13H15BrFNO2/c1-13(4-6-18-7-5-13)16-12(17)10-3-2-9(15)8-11(10)14/h2-3,8H,4-7H2,1H3,(H,16,17). The monoisotopic (exact) mass is 315 g/mol. The van der Waals surface area contributed by atoms with Crippen molar-refractivity contribution in [3.8, 4) is 0 Å². The van der Waals surface area contributed by atoms with E-state index >= 15 is 0 Å². The number of benzene rings is 1. The van der Waals surface area contributed by atoms with E-state index < -0.39 is 0 Å². The van der Waals surface area contributed by atoms with Crippen LogP contribution in [0, 0.1) is 5.82 Å². The molecule has 18 heavy (non-hydrogen) atoms. The van der Waals surface area contributed by atoms with Gasteiger partial charge in [0.2, 0.25) is 0 Å². The summed E-state index contributed by atoms with van der Waals surface area (Å²) in [5.41, 5.74) is 0.201. The van der Waals surface area contributed by atoms with Crippen LogP contribution in [0.3, 0.4) is 0 Å². The lowest BCUT2D eigenvalue weighted by Gasteiger charge is -2.34. The zero-order chi connectivity index (χ0) is 13.2. The minimum Gasteiger partial charge on any atom is -0.381 e. The third-order valence-electron chi connectivity index (χ3n) is 3.19. The average Bonchev–Trinajstić information content (AvgIpc) is 2.28. The Morgan fingerprint density at radius 3 is 2.72 bits per heavy atom. The molecule has 1 heterocycles. The number of ether oxygens (including phenoxy) is 1. The Hall–Kier alpha value is -0.940. The molecule has 0 aliphatic carbocycles. The molecule has 0 aromatic heterocycles. The van der Waals surface area contributed by atoms with Gasteiger partial charge in [-0.1, -0.05) is 0 Å². The molecule has 0 spiro atoms. The highest BCUT2D eigenvalue weighted by molar-refractivity contribution is 9.10.